The summed E-state index contributed by atoms with van der Waals surface area (Å²) >= 11 is 6.58. The highest BCUT2D eigenvalue weighted by Crippen LogP contribution is 2.36. The van der Waals surface area contributed by atoms with Crippen LogP contribution in [-0.4, -0.2) is 54.2 Å². The molecule has 0 aliphatic carbocycles. The fourth-order valence-corrected chi connectivity index (χ4v) is 6.40. The highest BCUT2D eigenvalue weighted by atomic mass is 32.2. The highest BCUT2D eigenvalue weighted by molar-refractivity contribution is 8.26. The molecule has 3 rings (SSSR count). The lowest BCUT2D eigenvalue weighted by atomic mass is 10.1. The number of thioether (sulfide) groups is 1. The molecule has 2 saturated heterocycles. The molecule has 2 aliphatic heterocycles. The van der Waals surface area contributed by atoms with Gasteiger partial charge in [0.1, 0.15) is 4.32 Å². The summed E-state index contributed by atoms with van der Waals surface area (Å²) < 4.78 is 23.9. The third-order valence-corrected chi connectivity index (χ3v) is 7.80. The van der Waals surface area contributed by atoms with E-state index in [0.717, 1.165) is 24.3 Å². The van der Waals surface area contributed by atoms with Crippen molar-refractivity contribution >= 4 is 55.8 Å². The Kier molecular flexibility index (Phi) is 5.74. The Bertz CT molecular complexity index is 843. The topological polar surface area (TPSA) is 57.7 Å². The van der Waals surface area contributed by atoms with Crippen LogP contribution in [0.3, 0.4) is 0 Å². The summed E-state index contributed by atoms with van der Waals surface area (Å²) in [6.45, 7) is 6.12. The van der Waals surface area contributed by atoms with E-state index in [9.17, 15) is 13.2 Å². The van der Waals surface area contributed by atoms with Crippen LogP contribution < -0.4 is 4.90 Å². The van der Waals surface area contributed by atoms with Gasteiger partial charge in [0.25, 0.3) is 5.91 Å². The highest BCUT2D eigenvalue weighted by Gasteiger charge is 2.42. The second-order valence-corrected chi connectivity index (χ2v) is 10.3. The number of benzene rings is 1. The minimum atomic E-state index is -3.06. The molecule has 0 aromatic heterocycles. The molecular weight excluding hydrogens is 388 g/mol. The van der Waals surface area contributed by atoms with Crippen molar-refractivity contribution in [3.05, 3.63) is 34.7 Å². The lowest BCUT2D eigenvalue weighted by molar-refractivity contribution is -0.123. The average molecular weight is 411 g/mol. The van der Waals surface area contributed by atoms with E-state index in [1.807, 2.05) is 30.3 Å². The molecule has 0 saturated carbocycles. The van der Waals surface area contributed by atoms with Crippen LogP contribution in [0, 0.1) is 0 Å². The number of hydrogen-bond acceptors (Lipinski definition) is 6. The van der Waals surface area contributed by atoms with E-state index in [-0.39, 0.29) is 23.5 Å². The van der Waals surface area contributed by atoms with Crippen molar-refractivity contribution in [1.82, 2.24) is 4.90 Å². The summed E-state index contributed by atoms with van der Waals surface area (Å²) in [5, 5.41) is 0. The van der Waals surface area contributed by atoms with Gasteiger partial charge in [-0.3, -0.25) is 9.69 Å². The number of nitrogens with zero attached hydrogens (tertiary/aromatic N) is 2. The molecule has 5 nitrogen and oxygen atoms in total. The van der Waals surface area contributed by atoms with Crippen molar-refractivity contribution in [3.63, 3.8) is 0 Å². The van der Waals surface area contributed by atoms with Crippen LogP contribution in [0.2, 0.25) is 0 Å². The van der Waals surface area contributed by atoms with E-state index in [2.05, 4.69) is 18.7 Å². The zero-order valence-corrected chi connectivity index (χ0v) is 17.3. The molecule has 0 radical (unpaired) electrons. The predicted octanol–water partition coefficient (Wildman–Crippen LogP) is 2.92. The quantitative estimate of drug-likeness (QED) is 0.550. The molecule has 1 aromatic rings. The number of carbonyl (C=O) groups excluding carboxylic acids is 1. The average Bonchev–Trinajstić information content (AvgIpc) is 3.09. The first kappa shape index (κ1) is 19.4. The minimum absolute atomic E-state index is 0.00525. The largest absolute Gasteiger partial charge is 0.372 e. The van der Waals surface area contributed by atoms with Crippen LogP contribution in [0.5, 0.6) is 0 Å². The molecule has 26 heavy (non-hydrogen) atoms. The first-order valence-corrected chi connectivity index (χ1v) is 11.7. The molecular formula is C18H22N2O3S3. The second-order valence-electron chi connectivity index (χ2n) is 6.37. The van der Waals surface area contributed by atoms with E-state index < -0.39 is 9.84 Å². The smallest absolute Gasteiger partial charge is 0.266 e. The number of amides is 1. The predicted molar refractivity (Wildman–Crippen MR) is 112 cm³/mol. The van der Waals surface area contributed by atoms with Gasteiger partial charge in [0, 0.05) is 18.8 Å². The summed E-state index contributed by atoms with van der Waals surface area (Å²) in [7, 11) is -3.06. The maximum atomic E-state index is 12.7. The fraction of sp³-hybridized carbons (Fsp3) is 0.444. The Balaban J connectivity index is 1.78. The third-order valence-electron chi connectivity index (χ3n) is 4.72. The molecule has 2 fully saturated rings. The maximum Gasteiger partial charge on any atom is 0.266 e. The van der Waals surface area contributed by atoms with Crippen LogP contribution in [0.25, 0.3) is 6.08 Å². The normalized spacial score (nSPS) is 23.8. The van der Waals surface area contributed by atoms with Gasteiger partial charge in [0.05, 0.1) is 22.5 Å². The van der Waals surface area contributed by atoms with Crippen LogP contribution in [-0.2, 0) is 14.6 Å². The molecule has 1 aromatic carbocycles. The van der Waals surface area contributed by atoms with Crippen LogP contribution >= 0.6 is 24.0 Å². The molecule has 0 spiro atoms. The van der Waals surface area contributed by atoms with E-state index in [1.165, 1.54) is 16.7 Å². The van der Waals surface area contributed by atoms with Gasteiger partial charge in [0.15, 0.2) is 9.84 Å². The monoisotopic (exact) mass is 410 g/mol. The van der Waals surface area contributed by atoms with Crippen molar-refractivity contribution in [2.45, 2.75) is 26.3 Å². The summed E-state index contributed by atoms with van der Waals surface area (Å²) in [6.07, 6.45) is 2.29. The zero-order valence-electron chi connectivity index (χ0n) is 14.8. The van der Waals surface area contributed by atoms with Crippen molar-refractivity contribution in [1.29, 1.82) is 0 Å². The standard InChI is InChI=1S/C18H22N2O3S3/c1-3-19(4-2)14-7-5-13(6-8-14)11-16-17(21)20(18(24)25-16)15-9-10-26(22,23)12-15/h5-8,11,15H,3-4,9-10,12H2,1-2H3. The van der Waals surface area contributed by atoms with Gasteiger partial charge in [-0.15, -0.1) is 0 Å². The van der Waals surface area contributed by atoms with Gasteiger partial charge in [-0.2, -0.15) is 0 Å². The van der Waals surface area contributed by atoms with Crippen molar-refractivity contribution < 1.29 is 13.2 Å². The Morgan fingerprint density at radius 2 is 1.92 bits per heavy atom. The van der Waals surface area contributed by atoms with E-state index in [4.69, 9.17) is 12.2 Å². The van der Waals surface area contributed by atoms with E-state index in [0.29, 0.717) is 15.6 Å². The summed E-state index contributed by atoms with van der Waals surface area (Å²) in [5.41, 5.74) is 2.08. The molecule has 8 heteroatoms. The van der Waals surface area contributed by atoms with Crippen molar-refractivity contribution in [2.75, 3.05) is 29.5 Å². The Labute approximate surface area is 164 Å². The van der Waals surface area contributed by atoms with Gasteiger partial charge in [0.2, 0.25) is 0 Å². The van der Waals surface area contributed by atoms with Crippen molar-refractivity contribution in [2.24, 2.45) is 0 Å². The number of hydrogen-bond donors (Lipinski definition) is 0. The Morgan fingerprint density at radius 3 is 2.46 bits per heavy atom. The van der Waals surface area contributed by atoms with E-state index in [1.54, 1.807) is 0 Å². The number of rotatable bonds is 5. The lowest BCUT2D eigenvalue weighted by Gasteiger charge is -2.21. The van der Waals surface area contributed by atoms with E-state index >= 15 is 0 Å². The lowest BCUT2D eigenvalue weighted by Crippen LogP contribution is -2.39. The molecule has 140 valence electrons. The SMILES string of the molecule is CCN(CC)c1ccc(C=C2SC(=S)N(C3CCS(=O)(=O)C3)C2=O)cc1. The number of sulfone groups is 1. The maximum absolute atomic E-state index is 12.7. The number of thiocarbonyl (C=S) groups is 1. The second kappa shape index (κ2) is 7.70. The van der Waals surface area contributed by atoms with Gasteiger partial charge in [-0.25, -0.2) is 8.42 Å². The van der Waals surface area contributed by atoms with Crippen LogP contribution in [0.15, 0.2) is 29.2 Å². The van der Waals surface area contributed by atoms with Crippen LogP contribution in [0.4, 0.5) is 5.69 Å². The number of anilines is 1. The molecule has 1 amide bonds. The fourth-order valence-electron chi connectivity index (χ4n) is 3.30. The Morgan fingerprint density at radius 1 is 1.27 bits per heavy atom. The molecule has 2 aliphatic rings. The van der Waals surface area contributed by atoms with Gasteiger partial charge >= 0.3 is 0 Å². The zero-order chi connectivity index (χ0) is 18.9. The van der Waals surface area contributed by atoms with Gasteiger partial charge in [-0.1, -0.05) is 36.1 Å². The molecule has 1 atom stereocenters. The van der Waals surface area contributed by atoms with Gasteiger partial charge < -0.3 is 4.90 Å². The first-order chi connectivity index (χ1) is 12.3. The Hall–Kier alpha value is -1.38. The summed E-state index contributed by atoms with van der Waals surface area (Å²) in [4.78, 5) is 17.0. The van der Waals surface area contributed by atoms with Crippen molar-refractivity contribution in [3.8, 4) is 0 Å². The number of carbonyl (C=O) groups is 1. The molecule has 0 bridgehead atoms. The van der Waals surface area contributed by atoms with Crippen LogP contribution in [0.1, 0.15) is 25.8 Å². The molecule has 0 N–H and O–H groups in total. The minimum Gasteiger partial charge on any atom is -0.372 e. The summed E-state index contributed by atoms with van der Waals surface area (Å²) in [5.74, 6) is -0.0544. The summed E-state index contributed by atoms with van der Waals surface area (Å²) in [6, 6.07) is 7.73. The molecule has 2 heterocycles. The first-order valence-electron chi connectivity index (χ1n) is 8.67. The van der Waals surface area contributed by atoms with Gasteiger partial charge in [-0.05, 0) is 44.0 Å². The molecule has 1 unspecified atom stereocenters. The third kappa shape index (κ3) is 3.97.